The monoisotopic (exact) mass is 508 g/mol. The molecule has 3 aliphatic heterocycles. The zero-order chi connectivity index (χ0) is 24.8. The number of nitrogens with zero attached hydrogens (tertiary/aromatic N) is 4. The summed E-state index contributed by atoms with van der Waals surface area (Å²) in [6.07, 6.45) is 7.19. The topological polar surface area (TPSA) is 74.6 Å². The largest absolute Gasteiger partial charge is 0.463 e. The summed E-state index contributed by atoms with van der Waals surface area (Å²) >= 11 is 5.40. The third-order valence-electron chi connectivity index (χ3n) is 5.92. The van der Waals surface area contributed by atoms with Crippen LogP contribution in [0.15, 0.2) is 57.8 Å². The molecule has 0 radical (unpaired) electrons. The maximum Gasteiger partial charge on any atom is 0.337 e. The minimum atomic E-state index is -1.08. The molecular formula is C24H30ClFN4O3S. The number of hydrogen-bond donors (Lipinski definition) is 0. The van der Waals surface area contributed by atoms with E-state index in [2.05, 4.69) is 22.9 Å². The number of halogens is 2. The van der Waals surface area contributed by atoms with Crippen molar-refractivity contribution in [2.45, 2.75) is 32.7 Å². The summed E-state index contributed by atoms with van der Waals surface area (Å²) in [4.78, 5) is 23.7. The number of benzene rings is 1. The van der Waals surface area contributed by atoms with Crippen molar-refractivity contribution in [3.8, 4) is 0 Å². The molecule has 1 aromatic carbocycles. The summed E-state index contributed by atoms with van der Waals surface area (Å²) < 4.78 is 31.1. The first-order valence-electron chi connectivity index (χ1n) is 11.2. The van der Waals surface area contributed by atoms with E-state index in [1.165, 1.54) is 12.1 Å². The highest BCUT2D eigenvalue weighted by Crippen LogP contribution is 2.33. The van der Waals surface area contributed by atoms with E-state index in [9.17, 15) is 13.4 Å². The second kappa shape index (κ2) is 11.9. The third-order valence-corrected chi connectivity index (χ3v) is 7.26. The van der Waals surface area contributed by atoms with Crippen LogP contribution < -0.4 is 0 Å². The minimum absolute atomic E-state index is 0.0543. The Balaban J connectivity index is 0.000000343. The lowest BCUT2D eigenvalue weighted by Gasteiger charge is -2.29. The smallest absolute Gasteiger partial charge is 0.337 e. The Kier molecular flexibility index (Phi) is 9.16. The van der Waals surface area contributed by atoms with Gasteiger partial charge in [0.1, 0.15) is 5.82 Å². The molecule has 0 N–H and O–H groups in total. The van der Waals surface area contributed by atoms with Crippen molar-refractivity contribution < 1.29 is 18.1 Å². The van der Waals surface area contributed by atoms with Gasteiger partial charge in [0.15, 0.2) is 5.84 Å². The molecule has 1 saturated heterocycles. The maximum atomic E-state index is 12.4. The number of aliphatic imine (C=N–C) groups is 2. The minimum Gasteiger partial charge on any atom is -0.463 e. The van der Waals surface area contributed by atoms with E-state index in [0.29, 0.717) is 36.7 Å². The van der Waals surface area contributed by atoms with E-state index in [-0.39, 0.29) is 23.7 Å². The van der Waals surface area contributed by atoms with Crippen LogP contribution in [-0.4, -0.2) is 70.0 Å². The van der Waals surface area contributed by atoms with Gasteiger partial charge in [-0.1, -0.05) is 30.7 Å². The van der Waals surface area contributed by atoms with Crippen LogP contribution in [0.1, 0.15) is 26.7 Å². The number of carbonyl (C=O) groups is 1. The Morgan fingerprint density at radius 2 is 2.15 bits per heavy atom. The van der Waals surface area contributed by atoms with Gasteiger partial charge < -0.3 is 9.64 Å². The highest BCUT2D eigenvalue weighted by atomic mass is 35.5. The quantitative estimate of drug-likeness (QED) is 0.544. The summed E-state index contributed by atoms with van der Waals surface area (Å²) in [5.41, 5.74) is 2.49. The van der Waals surface area contributed by atoms with Crippen molar-refractivity contribution in [2.75, 3.05) is 33.0 Å². The van der Waals surface area contributed by atoms with Gasteiger partial charge in [-0.2, -0.15) is 0 Å². The molecule has 7 nitrogen and oxygen atoms in total. The second-order valence-electron chi connectivity index (χ2n) is 8.03. The van der Waals surface area contributed by atoms with E-state index in [4.69, 9.17) is 21.3 Å². The molecule has 34 heavy (non-hydrogen) atoms. The van der Waals surface area contributed by atoms with Crippen LogP contribution in [0.25, 0.3) is 0 Å². The molecule has 0 aliphatic carbocycles. The Morgan fingerprint density at radius 1 is 1.38 bits per heavy atom. The number of hydrogen-bond acceptors (Lipinski definition) is 6. The van der Waals surface area contributed by atoms with E-state index < -0.39 is 11.0 Å². The van der Waals surface area contributed by atoms with E-state index in [0.717, 1.165) is 23.7 Å². The van der Waals surface area contributed by atoms with Crippen LogP contribution in [0.4, 0.5) is 4.39 Å². The fourth-order valence-corrected chi connectivity index (χ4v) is 4.79. The highest BCUT2D eigenvalue weighted by molar-refractivity contribution is 7.81. The van der Waals surface area contributed by atoms with Crippen molar-refractivity contribution in [3.05, 3.63) is 58.7 Å². The summed E-state index contributed by atoms with van der Waals surface area (Å²) in [7, 11) is 0.776. The number of ether oxygens (including phenoxy) is 1. The number of likely N-dealkylation sites (N-methyl/N-ethyl adjacent to an activating group) is 1. The lowest BCUT2D eigenvalue weighted by atomic mass is 9.99. The van der Waals surface area contributed by atoms with Gasteiger partial charge in [0, 0.05) is 55.1 Å². The molecule has 0 saturated carbocycles. The van der Waals surface area contributed by atoms with E-state index >= 15 is 0 Å². The molecule has 0 spiro atoms. The summed E-state index contributed by atoms with van der Waals surface area (Å²) in [5, 5.41) is 0.435. The first-order valence-corrected chi connectivity index (χ1v) is 13.1. The van der Waals surface area contributed by atoms with Gasteiger partial charge in [0.2, 0.25) is 0 Å². The van der Waals surface area contributed by atoms with Crippen LogP contribution in [0.3, 0.4) is 0 Å². The summed E-state index contributed by atoms with van der Waals surface area (Å²) in [5.74, 6) is 0.478. The zero-order valence-corrected chi connectivity index (χ0v) is 21.4. The van der Waals surface area contributed by atoms with Crippen molar-refractivity contribution in [1.82, 2.24) is 9.21 Å². The van der Waals surface area contributed by atoms with Crippen LogP contribution in [0.5, 0.6) is 0 Å². The van der Waals surface area contributed by atoms with Gasteiger partial charge in [-0.05, 0) is 31.5 Å². The molecule has 1 fully saturated rings. The fourth-order valence-electron chi connectivity index (χ4n) is 4.05. The Labute approximate surface area is 207 Å². The number of rotatable bonds is 6. The SMILES string of the molecule is CCOC(=O)C1=C2CC(N(C)S(C)=O)CN2C(C2=NC=CC2CC)=NC1.Fc1cccc(Cl)c1. The molecule has 4 rings (SSSR count). The number of amidine groups is 1. The predicted octanol–water partition coefficient (Wildman–Crippen LogP) is 3.99. The molecule has 0 bridgehead atoms. The molecule has 3 aliphatic rings. The second-order valence-corrected chi connectivity index (χ2v) is 9.89. The number of fused-ring (bicyclic) bond motifs is 1. The Hall–Kier alpha value is -2.36. The molecule has 184 valence electrons. The third kappa shape index (κ3) is 6.00. The van der Waals surface area contributed by atoms with E-state index in [1.807, 2.05) is 17.6 Å². The number of carbonyl (C=O) groups excluding carboxylic acids is 1. The molecule has 0 aromatic heterocycles. The predicted molar refractivity (Wildman–Crippen MR) is 135 cm³/mol. The molecule has 0 amide bonds. The van der Waals surface area contributed by atoms with Gasteiger partial charge in [0.05, 0.1) is 35.4 Å². The maximum absolute atomic E-state index is 12.4. The molecule has 1 aromatic rings. The first-order chi connectivity index (χ1) is 16.3. The van der Waals surface area contributed by atoms with Gasteiger partial charge in [-0.3, -0.25) is 9.98 Å². The zero-order valence-electron chi connectivity index (χ0n) is 19.8. The fraction of sp³-hybridized carbons (Fsp3) is 0.458. The Bertz CT molecular complexity index is 1050. The van der Waals surface area contributed by atoms with Gasteiger partial charge >= 0.3 is 5.97 Å². The molecule has 10 heteroatoms. The Morgan fingerprint density at radius 3 is 2.74 bits per heavy atom. The summed E-state index contributed by atoms with van der Waals surface area (Å²) in [6.45, 7) is 5.21. The lowest BCUT2D eigenvalue weighted by molar-refractivity contribution is -0.138. The molecule has 3 heterocycles. The van der Waals surface area contributed by atoms with Gasteiger partial charge in [0.25, 0.3) is 0 Å². The number of esters is 1. The average molecular weight is 509 g/mol. The van der Waals surface area contributed by atoms with E-state index in [1.54, 1.807) is 25.3 Å². The molecule has 3 atom stereocenters. The van der Waals surface area contributed by atoms with Crippen LogP contribution in [0, 0.1) is 11.7 Å². The molecule has 3 unspecified atom stereocenters. The standard InChI is InChI=1S/C18H26N4O3S.C6H4ClF/c1-5-12-7-8-19-16(12)17-20-10-14(18(23)25-6-2)15-9-13(11-22(15)17)21(3)26(4)24;7-5-2-1-3-6(8)4-5/h7-8,12-13H,5-6,9-11H2,1-4H3;1-4H. The average Bonchev–Trinajstić information content (AvgIpc) is 3.45. The van der Waals surface area contributed by atoms with Crippen molar-refractivity contribution in [2.24, 2.45) is 15.9 Å². The highest BCUT2D eigenvalue weighted by Gasteiger charge is 2.41. The van der Waals surface area contributed by atoms with Crippen LogP contribution in [-0.2, 0) is 20.5 Å². The summed E-state index contributed by atoms with van der Waals surface area (Å²) in [6, 6.07) is 5.87. The number of allylic oxidation sites excluding steroid dienone is 1. The van der Waals surface area contributed by atoms with Crippen molar-refractivity contribution in [1.29, 1.82) is 0 Å². The lowest BCUT2D eigenvalue weighted by Crippen LogP contribution is -2.42. The van der Waals surface area contributed by atoms with Gasteiger partial charge in [-0.15, -0.1) is 0 Å². The van der Waals surface area contributed by atoms with Gasteiger partial charge in [-0.25, -0.2) is 17.7 Å². The van der Waals surface area contributed by atoms with Crippen molar-refractivity contribution in [3.63, 3.8) is 0 Å². The van der Waals surface area contributed by atoms with Crippen LogP contribution >= 0.6 is 11.6 Å². The normalized spacial score (nSPS) is 22.1. The molecular weight excluding hydrogens is 479 g/mol. The van der Waals surface area contributed by atoms with Crippen molar-refractivity contribution >= 4 is 40.1 Å². The van der Waals surface area contributed by atoms with Crippen LogP contribution in [0.2, 0.25) is 5.02 Å². The first kappa shape index (κ1) is 26.2.